The van der Waals surface area contributed by atoms with Crippen molar-refractivity contribution in [2.45, 2.75) is 25.4 Å². The Kier molecular flexibility index (Phi) is 4.88. The third-order valence-corrected chi connectivity index (χ3v) is 5.71. The smallest absolute Gasteiger partial charge is 0.337 e. The van der Waals surface area contributed by atoms with Crippen LogP contribution in [0.5, 0.6) is 5.75 Å². The summed E-state index contributed by atoms with van der Waals surface area (Å²) in [5.41, 5.74) is 2.67. The highest BCUT2D eigenvalue weighted by atomic mass is 35.5. The van der Waals surface area contributed by atoms with Gasteiger partial charge in [-0.05, 0) is 61.7 Å². The number of ether oxygens (including phenoxy) is 1. The molecule has 26 heavy (non-hydrogen) atoms. The average molecular weight is 372 g/mol. The molecule has 2 aromatic carbocycles. The normalized spacial score (nSPS) is 22.3. The number of carbonyl (C=O) groups is 1. The molecule has 0 amide bonds. The molecule has 2 aromatic rings. The van der Waals surface area contributed by atoms with Gasteiger partial charge in [-0.3, -0.25) is 0 Å². The van der Waals surface area contributed by atoms with Crippen molar-refractivity contribution in [3.05, 3.63) is 64.2 Å². The van der Waals surface area contributed by atoms with Gasteiger partial charge in [0.25, 0.3) is 0 Å². The first-order chi connectivity index (χ1) is 12.6. The van der Waals surface area contributed by atoms with Crippen molar-refractivity contribution in [1.82, 2.24) is 4.90 Å². The predicted octanol–water partition coefficient (Wildman–Crippen LogP) is 4.43. The van der Waals surface area contributed by atoms with Crippen molar-refractivity contribution >= 4 is 17.6 Å². The van der Waals surface area contributed by atoms with Crippen LogP contribution < -0.4 is 4.74 Å². The van der Waals surface area contributed by atoms with Crippen LogP contribution in [0.1, 0.15) is 40.4 Å². The molecule has 5 heteroatoms. The summed E-state index contributed by atoms with van der Waals surface area (Å²) >= 11 is 6.11. The lowest BCUT2D eigenvalue weighted by atomic mass is 10.0. The summed E-state index contributed by atoms with van der Waals surface area (Å²) in [7, 11) is 0. The Morgan fingerprint density at radius 1 is 1.19 bits per heavy atom. The molecule has 2 unspecified atom stereocenters. The average Bonchev–Trinajstić information content (AvgIpc) is 3.24. The summed E-state index contributed by atoms with van der Waals surface area (Å²) in [4.78, 5) is 13.7. The fraction of sp³-hybridized carbons (Fsp3) is 0.381. The second-order valence-electron chi connectivity index (χ2n) is 7.16. The minimum absolute atomic E-state index is 0.0291. The molecule has 0 spiro atoms. The van der Waals surface area contributed by atoms with Gasteiger partial charge in [-0.2, -0.15) is 0 Å². The molecular weight excluding hydrogens is 350 g/mol. The van der Waals surface area contributed by atoms with E-state index in [0.717, 1.165) is 13.0 Å². The summed E-state index contributed by atoms with van der Waals surface area (Å²) in [5, 5.41) is 9.35. The van der Waals surface area contributed by atoms with Crippen molar-refractivity contribution in [2.75, 3.05) is 19.6 Å². The van der Waals surface area contributed by atoms with Crippen molar-refractivity contribution in [2.24, 2.45) is 5.92 Å². The van der Waals surface area contributed by atoms with Crippen LogP contribution in [0.3, 0.4) is 0 Å². The number of rotatable bonds is 5. The Hall–Kier alpha value is -2.04. The van der Waals surface area contributed by atoms with Crippen LogP contribution in [-0.2, 0) is 6.42 Å². The van der Waals surface area contributed by atoms with E-state index >= 15 is 0 Å². The second kappa shape index (κ2) is 7.29. The second-order valence-corrected chi connectivity index (χ2v) is 7.56. The fourth-order valence-corrected chi connectivity index (χ4v) is 4.40. The van der Waals surface area contributed by atoms with Gasteiger partial charge in [0.05, 0.1) is 10.6 Å². The van der Waals surface area contributed by atoms with Gasteiger partial charge in [0.2, 0.25) is 0 Å². The summed E-state index contributed by atoms with van der Waals surface area (Å²) in [6.45, 7) is 3.36. The molecule has 1 fully saturated rings. The zero-order valence-electron chi connectivity index (χ0n) is 14.5. The van der Waals surface area contributed by atoms with Gasteiger partial charge in [0, 0.05) is 12.5 Å². The van der Waals surface area contributed by atoms with E-state index in [1.165, 1.54) is 43.1 Å². The van der Waals surface area contributed by atoms with Crippen molar-refractivity contribution in [3.63, 3.8) is 0 Å². The Balaban J connectivity index is 1.58. The molecule has 1 N–H and O–H groups in total. The molecule has 0 aromatic heterocycles. The van der Waals surface area contributed by atoms with Gasteiger partial charge in [-0.25, -0.2) is 4.79 Å². The van der Waals surface area contributed by atoms with E-state index in [1.54, 1.807) is 12.1 Å². The maximum Gasteiger partial charge on any atom is 0.337 e. The Bertz CT molecular complexity index is 817. The highest BCUT2D eigenvalue weighted by molar-refractivity contribution is 6.33. The molecule has 2 aliphatic rings. The van der Waals surface area contributed by atoms with Crippen LogP contribution in [0, 0.1) is 5.92 Å². The third kappa shape index (κ3) is 3.44. The summed E-state index contributed by atoms with van der Waals surface area (Å²) in [5.74, 6) is -0.0174. The molecule has 136 valence electrons. The third-order valence-electron chi connectivity index (χ3n) is 5.40. The number of carboxylic acid groups (broad SMARTS) is 1. The lowest BCUT2D eigenvalue weighted by Crippen LogP contribution is -2.30. The molecule has 0 bridgehead atoms. The maximum absolute atomic E-state index is 11.2. The van der Waals surface area contributed by atoms with Crippen LogP contribution in [0.2, 0.25) is 5.02 Å². The number of carboxylic acids is 1. The van der Waals surface area contributed by atoms with E-state index in [4.69, 9.17) is 21.4 Å². The number of hydrogen-bond acceptors (Lipinski definition) is 3. The quantitative estimate of drug-likeness (QED) is 0.844. The molecule has 1 saturated heterocycles. The Labute approximate surface area is 158 Å². The Morgan fingerprint density at radius 3 is 2.69 bits per heavy atom. The van der Waals surface area contributed by atoms with Crippen molar-refractivity contribution in [1.29, 1.82) is 0 Å². The van der Waals surface area contributed by atoms with Gasteiger partial charge in [-0.1, -0.05) is 35.9 Å². The van der Waals surface area contributed by atoms with E-state index < -0.39 is 5.97 Å². The van der Waals surface area contributed by atoms with Gasteiger partial charge in [0.1, 0.15) is 11.9 Å². The fourth-order valence-electron chi connectivity index (χ4n) is 4.15. The van der Waals surface area contributed by atoms with Crippen LogP contribution in [0.25, 0.3) is 0 Å². The molecular formula is C21H22ClNO3. The van der Waals surface area contributed by atoms with Crippen molar-refractivity contribution < 1.29 is 14.6 Å². The number of aromatic carboxylic acids is 1. The highest BCUT2D eigenvalue weighted by Crippen LogP contribution is 2.40. The van der Waals surface area contributed by atoms with E-state index in [-0.39, 0.29) is 16.7 Å². The first-order valence-corrected chi connectivity index (χ1v) is 9.49. The molecule has 0 saturated carbocycles. The van der Waals surface area contributed by atoms with Crippen LogP contribution in [0.15, 0.2) is 42.5 Å². The van der Waals surface area contributed by atoms with E-state index in [9.17, 15) is 4.79 Å². The molecule has 2 atom stereocenters. The number of fused-ring (bicyclic) bond motifs is 1. The summed E-state index contributed by atoms with van der Waals surface area (Å²) < 4.78 is 6.34. The van der Waals surface area contributed by atoms with E-state index in [2.05, 4.69) is 23.1 Å². The topological polar surface area (TPSA) is 49.8 Å². The number of hydrogen-bond donors (Lipinski definition) is 1. The monoisotopic (exact) mass is 371 g/mol. The van der Waals surface area contributed by atoms with Gasteiger partial charge >= 0.3 is 5.97 Å². The summed E-state index contributed by atoms with van der Waals surface area (Å²) in [6.07, 6.45) is 3.53. The Morgan fingerprint density at radius 2 is 1.96 bits per heavy atom. The van der Waals surface area contributed by atoms with E-state index in [1.807, 2.05) is 6.07 Å². The lowest BCUT2D eigenvalue weighted by molar-refractivity contribution is 0.0697. The molecule has 4 nitrogen and oxygen atoms in total. The number of likely N-dealkylation sites (tertiary alicyclic amines) is 1. The summed E-state index contributed by atoms with van der Waals surface area (Å²) in [6, 6.07) is 13.3. The first kappa shape index (κ1) is 17.4. The number of halogens is 1. The molecule has 0 radical (unpaired) electrons. The lowest BCUT2D eigenvalue weighted by Gasteiger charge is -2.26. The first-order valence-electron chi connectivity index (χ1n) is 9.11. The SMILES string of the molecule is O=C(O)c1ccc(OC2c3ccccc3CC2CN2CCCC2)cc1Cl. The molecule has 1 aliphatic carbocycles. The highest BCUT2D eigenvalue weighted by Gasteiger charge is 2.35. The standard InChI is InChI=1S/C21H22ClNO3/c22-19-12-16(7-8-18(19)21(24)25)26-20-15(13-23-9-3-4-10-23)11-14-5-1-2-6-17(14)20/h1-2,5-8,12,15,20H,3-4,9-11,13H2,(H,24,25). The zero-order chi connectivity index (χ0) is 18.1. The molecule has 4 rings (SSSR count). The zero-order valence-corrected chi connectivity index (χ0v) is 15.3. The van der Waals surface area contributed by atoms with Crippen LogP contribution in [0.4, 0.5) is 0 Å². The van der Waals surface area contributed by atoms with Crippen LogP contribution in [-0.4, -0.2) is 35.6 Å². The van der Waals surface area contributed by atoms with Gasteiger partial charge < -0.3 is 14.7 Å². The number of benzene rings is 2. The minimum Gasteiger partial charge on any atom is -0.485 e. The maximum atomic E-state index is 11.2. The minimum atomic E-state index is -1.03. The van der Waals surface area contributed by atoms with E-state index in [0.29, 0.717) is 11.7 Å². The van der Waals surface area contributed by atoms with Crippen molar-refractivity contribution in [3.8, 4) is 5.75 Å². The van der Waals surface area contributed by atoms with Crippen LogP contribution >= 0.6 is 11.6 Å². The van der Waals surface area contributed by atoms with Gasteiger partial charge in [-0.15, -0.1) is 0 Å². The van der Waals surface area contributed by atoms with Gasteiger partial charge in [0.15, 0.2) is 0 Å². The molecule has 1 aliphatic heterocycles. The largest absolute Gasteiger partial charge is 0.485 e. The molecule has 1 heterocycles. The predicted molar refractivity (Wildman–Crippen MR) is 101 cm³/mol. The number of nitrogens with zero attached hydrogens (tertiary/aromatic N) is 1.